The van der Waals surface area contributed by atoms with Crippen LogP contribution in [0.5, 0.6) is 0 Å². The first kappa shape index (κ1) is 52.2. The molecule has 0 saturated heterocycles. The standard InChI is InChI=1S/C50H49F4N7O10/c1-25-39(45(64)60(5)49(68)58(25)3)31-13-9-27(10-14-31)21-37(47(66)70-7)56-43(62)41-33(51)17-29(18-34(41)52)23-55-24-30-19-35(53)42(36(54)20-30)44(63)57-38(48(67)71-8)22-28-11-15-32(16-12-28)40-26(2)59(4)50(69)61(6)46(40)65/h9-20,37-38,55H,21-24H2,1-8H3,(H,56,62)(H,57,63)/t37-,38-/m0/s1. The van der Waals surface area contributed by atoms with Gasteiger partial charge in [0.1, 0.15) is 46.5 Å². The van der Waals surface area contributed by atoms with Crippen molar-refractivity contribution in [2.24, 2.45) is 28.2 Å². The van der Waals surface area contributed by atoms with E-state index in [0.29, 0.717) is 33.6 Å². The molecule has 0 spiro atoms. The van der Waals surface area contributed by atoms with E-state index in [1.54, 1.807) is 62.4 Å². The van der Waals surface area contributed by atoms with E-state index >= 15 is 17.6 Å². The molecular formula is C50H49F4N7O10. The zero-order valence-corrected chi connectivity index (χ0v) is 39.8. The summed E-state index contributed by atoms with van der Waals surface area (Å²) in [7, 11) is 7.91. The van der Waals surface area contributed by atoms with Crippen molar-refractivity contribution in [2.75, 3.05) is 14.2 Å². The number of benzene rings is 4. The van der Waals surface area contributed by atoms with E-state index in [2.05, 4.69) is 16.0 Å². The lowest BCUT2D eigenvalue weighted by atomic mass is 10.00. The van der Waals surface area contributed by atoms with Crippen molar-refractivity contribution >= 4 is 23.8 Å². The molecule has 0 fully saturated rings. The monoisotopic (exact) mass is 983 g/mol. The number of hydrogen-bond acceptors (Lipinski definition) is 11. The van der Waals surface area contributed by atoms with Crippen molar-refractivity contribution in [3.63, 3.8) is 0 Å². The van der Waals surface area contributed by atoms with Crippen LogP contribution in [0.3, 0.4) is 0 Å². The third kappa shape index (κ3) is 11.0. The van der Waals surface area contributed by atoms with Gasteiger partial charge in [0.2, 0.25) is 0 Å². The summed E-state index contributed by atoms with van der Waals surface area (Å²) in [4.78, 5) is 102. The minimum Gasteiger partial charge on any atom is -0.467 e. The maximum Gasteiger partial charge on any atom is 0.330 e. The van der Waals surface area contributed by atoms with Crippen molar-refractivity contribution in [1.82, 2.24) is 34.2 Å². The molecule has 3 N–H and O–H groups in total. The van der Waals surface area contributed by atoms with Crippen LogP contribution >= 0.6 is 0 Å². The van der Waals surface area contributed by atoms with Gasteiger partial charge in [-0.3, -0.25) is 28.3 Å². The second-order valence-electron chi connectivity index (χ2n) is 16.7. The summed E-state index contributed by atoms with van der Waals surface area (Å²) in [5.41, 5.74) is -0.663. The van der Waals surface area contributed by atoms with E-state index in [1.165, 1.54) is 37.3 Å². The number of aromatic nitrogens is 4. The molecule has 0 saturated carbocycles. The summed E-state index contributed by atoms with van der Waals surface area (Å²) >= 11 is 0. The van der Waals surface area contributed by atoms with Crippen LogP contribution in [0.4, 0.5) is 17.6 Å². The van der Waals surface area contributed by atoms with Crippen LogP contribution in [0.2, 0.25) is 0 Å². The summed E-state index contributed by atoms with van der Waals surface area (Å²) < 4.78 is 75.9. The largest absolute Gasteiger partial charge is 0.467 e. The van der Waals surface area contributed by atoms with Crippen LogP contribution in [-0.2, 0) is 73.2 Å². The van der Waals surface area contributed by atoms with Crippen LogP contribution in [0.15, 0.2) is 92.0 Å². The lowest BCUT2D eigenvalue weighted by Gasteiger charge is -2.18. The van der Waals surface area contributed by atoms with E-state index in [1.807, 2.05) is 0 Å². The fraction of sp³-hybridized carbons (Fsp3) is 0.280. The maximum atomic E-state index is 15.4. The smallest absolute Gasteiger partial charge is 0.330 e. The summed E-state index contributed by atoms with van der Waals surface area (Å²) in [6, 6.07) is 13.3. The summed E-state index contributed by atoms with van der Waals surface area (Å²) in [5, 5.41) is 7.41. The third-order valence-electron chi connectivity index (χ3n) is 12.2. The van der Waals surface area contributed by atoms with E-state index in [-0.39, 0.29) is 48.2 Å². The summed E-state index contributed by atoms with van der Waals surface area (Å²) in [6.07, 6.45) is -0.337. The summed E-state index contributed by atoms with van der Waals surface area (Å²) in [5.74, 6) is -9.46. The second-order valence-corrected chi connectivity index (χ2v) is 16.7. The number of nitrogens with zero attached hydrogens (tertiary/aromatic N) is 4. The number of amides is 2. The Labute approximate surface area is 402 Å². The molecule has 0 radical (unpaired) electrons. The molecular weight excluding hydrogens is 935 g/mol. The lowest BCUT2D eigenvalue weighted by Crippen LogP contribution is -2.43. The van der Waals surface area contributed by atoms with Gasteiger partial charge < -0.3 is 34.6 Å². The highest BCUT2D eigenvalue weighted by molar-refractivity contribution is 5.98. The number of halogens is 4. The van der Waals surface area contributed by atoms with Crippen LogP contribution in [0.1, 0.15) is 54.4 Å². The molecule has 2 atom stereocenters. The van der Waals surface area contributed by atoms with Gasteiger partial charge in [0.05, 0.1) is 25.3 Å². The highest BCUT2D eigenvalue weighted by atomic mass is 19.1. The van der Waals surface area contributed by atoms with Gasteiger partial charge in [-0.25, -0.2) is 36.7 Å². The Morgan fingerprint density at radius 2 is 0.817 bits per heavy atom. The SMILES string of the molecule is COC(=O)[C@H](Cc1ccc(-c2c(C)n(C)c(=O)n(C)c2=O)cc1)NC(=O)c1c(F)cc(CNCc2cc(F)c(C(=O)N[C@@H](Cc3ccc(-c4c(C)n(C)c(=O)n(C)c4=O)cc3)C(=O)OC)c(F)c2)cc1F. The molecule has 6 aromatic rings. The molecule has 71 heavy (non-hydrogen) atoms. The van der Waals surface area contributed by atoms with E-state index < -0.39 is 92.7 Å². The number of rotatable bonds is 16. The molecule has 17 nitrogen and oxygen atoms in total. The first-order valence-corrected chi connectivity index (χ1v) is 21.7. The van der Waals surface area contributed by atoms with Crippen molar-refractivity contribution in [3.8, 4) is 22.3 Å². The molecule has 4 aromatic carbocycles. The molecule has 0 aliphatic heterocycles. The average molecular weight is 984 g/mol. The van der Waals surface area contributed by atoms with E-state index in [9.17, 15) is 38.4 Å². The predicted molar refractivity (Wildman–Crippen MR) is 251 cm³/mol. The van der Waals surface area contributed by atoms with Crippen LogP contribution in [-0.4, -0.2) is 68.3 Å². The number of carbonyl (C=O) groups excluding carboxylic acids is 4. The Morgan fingerprint density at radius 1 is 0.507 bits per heavy atom. The van der Waals surface area contributed by atoms with Gasteiger partial charge in [0, 0.05) is 65.5 Å². The van der Waals surface area contributed by atoms with Gasteiger partial charge in [-0.1, -0.05) is 48.5 Å². The highest BCUT2D eigenvalue weighted by Gasteiger charge is 2.29. The van der Waals surface area contributed by atoms with Gasteiger partial charge in [-0.2, -0.15) is 0 Å². The molecule has 0 unspecified atom stereocenters. The predicted octanol–water partition coefficient (Wildman–Crippen LogP) is 3.31. The Hall–Kier alpha value is -8.20. The lowest BCUT2D eigenvalue weighted by molar-refractivity contribution is -0.143. The fourth-order valence-electron chi connectivity index (χ4n) is 8.01. The van der Waals surface area contributed by atoms with Gasteiger partial charge in [-0.05, 0) is 71.5 Å². The fourth-order valence-corrected chi connectivity index (χ4v) is 8.01. The van der Waals surface area contributed by atoms with E-state index in [0.717, 1.165) is 47.6 Å². The van der Waals surface area contributed by atoms with Crippen molar-refractivity contribution in [1.29, 1.82) is 0 Å². The van der Waals surface area contributed by atoms with Gasteiger partial charge in [-0.15, -0.1) is 0 Å². The van der Waals surface area contributed by atoms with Crippen LogP contribution in [0, 0.1) is 37.1 Å². The quantitative estimate of drug-likeness (QED) is 0.0947. The minimum atomic E-state index is -1.40. The van der Waals surface area contributed by atoms with E-state index in [4.69, 9.17) is 9.47 Å². The maximum absolute atomic E-state index is 15.4. The highest BCUT2D eigenvalue weighted by Crippen LogP contribution is 2.23. The molecule has 372 valence electrons. The Kier molecular flexibility index (Phi) is 15.9. The molecule has 2 heterocycles. The van der Waals surface area contributed by atoms with Gasteiger partial charge in [0.25, 0.3) is 22.9 Å². The zero-order valence-electron chi connectivity index (χ0n) is 39.8. The molecule has 0 aliphatic carbocycles. The number of hydrogen-bond donors (Lipinski definition) is 3. The van der Waals surface area contributed by atoms with Crippen molar-refractivity contribution in [3.05, 3.63) is 183 Å². The van der Waals surface area contributed by atoms with Crippen molar-refractivity contribution in [2.45, 2.75) is 51.9 Å². The van der Waals surface area contributed by atoms with Crippen molar-refractivity contribution < 1.29 is 46.2 Å². The first-order valence-electron chi connectivity index (χ1n) is 21.7. The topological polar surface area (TPSA) is 211 Å². The van der Waals surface area contributed by atoms with Gasteiger partial charge >= 0.3 is 23.3 Å². The number of methoxy groups -OCH3 is 2. The normalized spacial score (nSPS) is 12.0. The molecule has 0 bridgehead atoms. The van der Waals surface area contributed by atoms with Crippen LogP contribution in [0.25, 0.3) is 22.3 Å². The molecule has 21 heteroatoms. The number of esters is 2. The first-order chi connectivity index (χ1) is 33.6. The molecule has 0 aliphatic rings. The molecule has 2 amide bonds. The Morgan fingerprint density at radius 3 is 1.11 bits per heavy atom. The number of carbonyl (C=O) groups is 4. The second kappa shape index (κ2) is 21.6. The van der Waals surface area contributed by atoms with Gasteiger partial charge in [0.15, 0.2) is 0 Å². The average Bonchev–Trinajstić information content (AvgIpc) is 3.33. The third-order valence-corrected chi connectivity index (χ3v) is 12.2. The Balaban J connectivity index is 1.08. The number of nitrogens with one attached hydrogen (secondary N) is 3. The van der Waals surface area contributed by atoms with Crippen LogP contribution < -0.4 is 38.4 Å². The minimum absolute atomic E-state index is 0.00322. The molecule has 6 rings (SSSR count). The molecule has 2 aromatic heterocycles. The summed E-state index contributed by atoms with van der Waals surface area (Å²) in [6.45, 7) is 2.74. The Bertz CT molecular complexity index is 3080. The number of ether oxygens (including phenoxy) is 2. The zero-order chi connectivity index (χ0) is 52.2.